The van der Waals surface area contributed by atoms with E-state index >= 15 is 0 Å². The first-order valence-electron chi connectivity index (χ1n) is 4.60. The minimum absolute atomic E-state index is 0.299. The van der Waals surface area contributed by atoms with Crippen LogP contribution in [0, 0.1) is 11.3 Å². The molecule has 0 unspecified atom stereocenters. The van der Waals surface area contributed by atoms with E-state index in [4.69, 9.17) is 16.9 Å². The summed E-state index contributed by atoms with van der Waals surface area (Å²) in [5.41, 5.74) is 2.85. The number of nitrogens with one attached hydrogen (secondary N) is 1. The predicted molar refractivity (Wildman–Crippen MR) is 66.2 cm³/mol. The SMILES string of the molecule is N#Cc1ccc(NC(=O)c2cscn2)cc1Cl. The molecule has 4 nitrogen and oxygen atoms in total. The van der Waals surface area contributed by atoms with Gasteiger partial charge in [-0.25, -0.2) is 4.98 Å². The summed E-state index contributed by atoms with van der Waals surface area (Å²) in [6.45, 7) is 0. The fourth-order valence-electron chi connectivity index (χ4n) is 1.20. The molecule has 0 aliphatic carbocycles. The molecule has 0 aliphatic heterocycles. The van der Waals surface area contributed by atoms with Gasteiger partial charge in [0.25, 0.3) is 5.91 Å². The fraction of sp³-hybridized carbons (Fsp3) is 0. The third-order valence-corrected chi connectivity index (χ3v) is 2.91. The van der Waals surface area contributed by atoms with Crippen LogP contribution in [0.15, 0.2) is 29.1 Å². The van der Waals surface area contributed by atoms with Gasteiger partial charge in [-0.15, -0.1) is 11.3 Å². The summed E-state index contributed by atoms with van der Waals surface area (Å²) in [5.74, 6) is -0.299. The van der Waals surface area contributed by atoms with Gasteiger partial charge >= 0.3 is 0 Å². The van der Waals surface area contributed by atoms with Crippen molar-refractivity contribution in [1.82, 2.24) is 4.98 Å². The van der Waals surface area contributed by atoms with Crippen LogP contribution in [0.25, 0.3) is 0 Å². The number of nitriles is 1. The molecule has 6 heteroatoms. The van der Waals surface area contributed by atoms with Crippen LogP contribution in [0.2, 0.25) is 5.02 Å². The van der Waals surface area contributed by atoms with Crippen molar-refractivity contribution in [1.29, 1.82) is 5.26 Å². The summed E-state index contributed by atoms with van der Waals surface area (Å²) in [4.78, 5) is 15.6. The lowest BCUT2D eigenvalue weighted by Gasteiger charge is -2.04. The molecule has 1 N–H and O–H groups in total. The van der Waals surface area contributed by atoms with Gasteiger partial charge < -0.3 is 5.32 Å². The Bertz CT molecular complexity index is 589. The number of amides is 1. The average Bonchev–Trinajstić information content (AvgIpc) is 2.82. The maximum absolute atomic E-state index is 11.7. The number of aromatic nitrogens is 1. The molecule has 0 bridgehead atoms. The number of nitrogens with zero attached hydrogens (tertiary/aromatic N) is 2. The number of rotatable bonds is 2. The maximum Gasteiger partial charge on any atom is 0.275 e. The Morgan fingerprint density at radius 2 is 2.35 bits per heavy atom. The zero-order chi connectivity index (χ0) is 12.3. The van der Waals surface area contributed by atoms with Crippen molar-refractivity contribution >= 4 is 34.5 Å². The van der Waals surface area contributed by atoms with Crippen molar-refractivity contribution in [2.24, 2.45) is 0 Å². The monoisotopic (exact) mass is 263 g/mol. The molecule has 0 aliphatic rings. The van der Waals surface area contributed by atoms with Crippen molar-refractivity contribution in [3.63, 3.8) is 0 Å². The molecule has 1 aromatic heterocycles. The number of benzene rings is 1. The Morgan fingerprint density at radius 1 is 1.53 bits per heavy atom. The normalized spacial score (nSPS) is 9.65. The highest BCUT2D eigenvalue weighted by molar-refractivity contribution is 7.07. The molecule has 0 saturated heterocycles. The number of carbonyl (C=O) groups excluding carboxylic acids is 1. The van der Waals surface area contributed by atoms with Crippen LogP contribution in [-0.2, 0) is 0 Å². The van der Waals surface area contributed by atoms with E-state index in [2.05, 4.69) is 10.3 Å². The first kappa shape index (κ1) is 11.6. The Labute approximate surface area is 106 Å². The lowest BCUT2D eigenvalue weighted by Crippen LogP contribution is -2.12. The molecule has 1 amide bonds. The third-order valence-electron chi connectivity index (χ3n) is 2.01. The predicted octanol–water partition coefficient (Wildman–Crippen LogP) is 2.92. The number of halogens is 1. The molecule has 84 valence electrons. The van der Waals surface area contributed by atoms with Gasteiger partial charge in [0.15, 0.2) is 0 Å². The number of carbonyl (C=O) groups is 1. The van der Waals surface area contributed by atoms with Crippen LogP contribution >= 0.6 is 22.9 Å². The molecule has 0 saturated carbocycles. The van der Waals surface area contributed by atoms with Crippen LogP contribution < -0.4 is 5.32 Å². The van der Waals surface area contributed by atoms with E-state index in [-0.39, 0.29) is 5.91 Å². The molecule has 0 fully saturated rings. The van der Waals surface area contributed by atoms with Crippen LogP contribution in [-0.4, -0.2) is 10.9 Å². The first-order valence-corrected chi connectivity index (χ1v) is 5.92. The maximum atomic E-state index is 11.7. The number of hydrogen-bond donors (Lipinski definition) is 1. The molecule has 0 atom stereocenters. The van der Waals surface area contributed by atoms with E-state index in [1.807, 2.05) is 6.07 Å². The minimum Gasteiger partial charge on any atom is -0.321 e. The summed E-state index contributed by atoms with van der Waals surface area (Å²) >= 11 is 7.20. The van der Waals surface area contributed by atoms with Crippen molar-refractivity contribution in [2.45, 2.75) is 0 Å². The van der Waals surface area contributed by atoms with E-state index in [0.717, 1.165) is 0 Å². The quantitative estimate of drug-likeness (QED) is 0.906. The van der Waals surface area contributed by atoms with Crippen LogP contribution in [0.5, 0.6) is 0 Å². The van der Waals surface area contributed by atoms with Gasteiger partial charge in [0.1, 0.15) is 11.8 Å². The highest BCUT2D eigenvalue weighted by Gasteiger charge is 2.08. The van der Waals surface area contributed by atoms with Gasteiger partial charge in [0.2, 0.25) is 0 Å². The Hall–Kier alpha value is -1.90. The third kappa shape index (κ3) is 2.61. The number of thiazole rings is 1. The summed E-state index contributed by atoms with van der Waals surface area (Å²) in [6.07, 6.45) is 0. The summed E-state index contributed by atoms with van der Waals surface area (Å²) < 4.78 is 0. The van der Waals surface area contributed by atoms with Crippen LogP contribution in [0.3, 0.4) is 0 Å². The van der Waals surface area contributed by atoms with E-state index < -0.39 is 0 Å². The molecule has 17 heavy (non-hydrogen) atoms. The zero-order valence-electron chi connectivity index (χ0n) is 8.48. The number of hydrogen-bond acceptors (Lipinski definition) is 4. The van der Waals surface area contributed by atoms with Crippen molar-refractivity contribution in [3.8, 4) is 6.07 Å². The zero-order valence-corrected chi connectivity index (χ0v) is 10.0. The topological polar surface area (TPSA) is 65.8 Å². The lowest BCUT2D eigenvalue weighted by molar-refractivity contribution is 0.102. The average molecular weight is 264 g/mol. The summed E-state index contributed by atoms with van der Waals surface area (Å²) in [6, 6.07) is 6.65. The molecule has 1 heterocycles. The largest absolute Gasteiger partial charge is 0.321 e. The van der Waals surface area contributed by atoms with Crippen molar-refractivity contribution in [2.75, 3.05) is 5.32 Å². The van der Waals surface area contributed by atoms with E-state index in [9.17, 15) is 4.79 Å². The Kier molecular flexibility index (Phi) is 3.38. The summed E-state index contributed by atoms with van der Waals surface area (Å²) in [5, 5.41) is 13.3. The van der Waals surface area contributed by atoms with Crippen LogP contribution in [0.1, 0.15) is 16.1 Å². The van der Waals surface area contributed by atoms with Gasteiger partial charge in [0, 0.05) is 11.1 Å². The van der Waals surface area contributed by atoms with Gasteiger partial charge in [-0.1, -0.05) is 11.6 Å². The van der Waals surface area contributed by atoms with E-state index in [1.54, 1.807) is 23.0 Å². The highest BCUT2D eigenvalue weighted by atomic mass is 35.5. The highest BCUT2D eigenvalue weighted by Crippen LogP contribution is 2.20. The standard InChI is InChI=1S/C11H6ClN3OS/c12-9-3-8(2-1-7(9)4-13)15-11(16)10-5-17-6-14-10/h1-3,5-6H,(H,15,16). The number of anilines is 1. The molecule has 1 aromatic carbocycles. The van der Waals surface area contributed by atoms with Gasteiger partial charge in [-0.2, -0.15) is 5.26 Å². The van der Waals surface area contributed by atoms with Crippen molar-refractivity contribution < 1.29 is 4.79 Å². The molecular formula is C11H6ClN3OS. The Balaban J connectivity index is 2.18. The first-order chi connectivity index (χ1) is 8.20. The summed E-state index contributed by atoms with van der Waals surface area (Å²) in [7, 11) is 0. The van der Waals surface area contributed by atoms with Crippen LogP contribution in [0.4, 0.5) is 5.69 Å². The molecule has 0 radical (unpaired) electrons. The van der Waals surface area contributed by atoms with Gasteiger partial charge in [-0.05, 0) is 18.2 Å². The molecule has 2 aromatic rings. The van der Waals surface area contributed by atoms with Gasteiger partial charge in [-0.3, -0.25) is 4.79 Å². The second-order valence-electron chi connectivity index (χ2n) is 3.13. The fourth-order valence-corrected chi connectivity index (χ4v) is 1.96. The molecule has 0 spiro atoms. The van der Waals surface area contributed by atoms with Crippen molar-refractivity contribution in [3.05, 3.63) is 45.4 Å². The Morgan fingerprint density at radius 3 is 2.94 bits per heavy atom. The molecular weight excluding hydrogens is 258 g/mol. The van der Waals surface area contributed by atoms with E-state index in [0.29, 0.717) is 22.0 Å². The molecule has 2 rings (SSSR count). The smallest absolute Gasteiger partial charge is 0.275 e. The second kappa shape index (κ2) is 4.95. The minimum atomic E-state index is -0.299. The van der Waals surface area contributed by atoms with Gasteiger partial charge in [0.05, 0.1) is 16.1 Å². The van der Waals surface area contributed by atoms with E-state index in [1.165, 1.54) is 17.4 Å². The lowest BCUT2D eigenvalue weighted by atomic mass is 10.2. The second-order valence-corrected chi connectivity index (χ2v) is 4.26.